The fourth-order valence-corrected chi connectivity index (χ4v) is 6.30. The van der Waals surface area contributed by atoms with Gasteiger partial charge >= 0.3 is 0 Å². The summed E-state index contributed by atoms with van der Waals surface area (Å²) in [6.45, 7) is 6.76. The van der Waals surface area contributed by atoms with Gasteiger partial charge in [0.1, 0.15) is 17.5 Å². The first-order valence-electron chi connectivity index (χ1n) is 20.2. The number of unbranched alkanes of at least 4 members (excludes halogenated alkanes) is 2. The number of aromatic nitrogens is 4. The topological polar surface area (TPSA) is 243 Å². The van der Waals surface area contributed by atoms with Crippen LogP contribution in [0.25, 0.3) is 0 Å². The van der Waals surface area contributed by atoms with Gasteiger partial charge in [-0.3, -0.25) is 9.59 Å². The Morgan fingerprint density at radius 1 is 0.600 bits per heavy atom. The molecule has 60 heavy (non-hydrogen) atoms. The molecule has 0 aliphatic heterocycles. The normalized spacial score (nSPS) is 10.9. The molecule has 0 saturated heterocycles. The number of rotatable bonds is 27. The second-order valence-corrected chi connectivity index (χ2v) is 14.2. The van der Waals surface area contributed by atoms with Gasteiger partial charge in [-0.1, -0.05) is 6.07 Å². The Bertz CT molecular complexity index is 1970. The molecule has 2 heterocycles. The number of nitrogens with zero attached hydrogens (tertiary/aromatic N) is 4. The number of nitrogens with two attached hydrogens (primary N) is 3. The maximum Gasteiger partial charge on any atom is 0.221 e. The molecule has 2 amide bonds. The van der Waals surface area contributed by atoms with E-state index in [2.05, 4.69) is 30.6 Å². The standard InChI is InChI=1S/C43H61N9O8/c1-28-20-30(21-32-26-49-29(2)51-41(32)44)23-34(55-3)39(28)59-18-8-6-12-37(53)47-14-10-16-58-17-11-15-48-38(54)13-7-9-19-60-40-35(56-4)24-31(25-36(40)57-5)22-33-27-50-43(46)52-42(33)45/h20,23-27H,6-19,21-22H2,1-5H3,(H,47,53)(H,48,54)(H2,44,49,51)(H4,45,46,50,52). The van der Waals surface area contributed by atoms with Crippen molar-refractivity contribution in [3.63, 3.8) is 0 Å². The molecular formula is C43H61N9O8. The predicted octanol–water partition coefficient (Wildman–Crippen LogP) is 4.67. The van der Waals surface area contributed by atoms with Crippen molar-refractivity contribution in [2.75, 3.05) is 78.0 Å². The number of nitrogen functional groups attached to an aromatic ring is 3. The summed E-state index contributed by atoms with van der Waals surface area (Å²) in [6.07, 6.45) is 9.37. The van der Waals surface area contributed by atoms with Crippen molar-refractivity contribution >= 4 is 29.4 Å². The summed E-state index contributed by atoms with van der Waals surface area (Å²) >= 11 is 0. The zero-order valence-corrected chi connectivity index (χ0v) is 35.6. The lowest BCUT2D eigenvalue weighted by atomic mass is 10.0. The number of carbonyl (C=O) groups excluding carboxylic acids is 2. The van der Waals surface area contributed by atoms with Crippen LogP contribution in [0.5, 0.6) is 28.7 Å². The largest absolute Gasteiger partial charge is 0.493 e. The third-order valence-corrected chi connectivity index (χ3v) is 9.43. The van der Waals surface area contributed by atoms with Crippen LogP contribution in [0.2, 0.25) is 0 Å². The lowest BCUT2D eigenvalue weighted by molar-refractivity contribution is -0.122. The van der Waals surface area contributed by atoms with Crippen molar-refractivity contribution < 1.29 is 38.0 Å². The average molecular weight is 832 g/mol. The lowest BCUT2D eigenvalue weighted by Gasteiger charge is -2.16. The molecule has 17 heteroatoms. The molecule has 0 atom stereocenters. The zero-order chi connectivity index (χ0) is 43.3. The van der Waals surface area contributed by atoms with E-state index in [9.17, 15) is 9.59 Å². The number of hydrogen-bond acceptors (Lipinski definition) is 15. The van der Waals surface area contributed by atoms with Gasteiger partial charge in [0.2, 0.25) is 23.5 Å². The highest BCUT2D eigenvalue weighted by molar-refractivity contribution is 5.76. The van der Waals surface area contributed by atoms with E-state index in [4.69, 9.17) is 45.6 Å². The fourth-order valence-electron chi connectivity index (χ4n) is 6.30. The lowest BCUT2D eigenvalue weighted by Crippen LogP contribution is -2.26. The van der Waals surface area contributed by atoms with Crippen molar-refractivity contribution in [1.82, 2.24) is 30.6 Å². The van der Waals surface area contributed by atoms with E-state index in [1.165, 1.54) is 0 Å². The molecule has 8 N–H and O–H groups in total. The quantitative estimate of drug-likeness (QED) is 0.0513. The van der Waals surface area contributed by atoms with E-state index in [0.717, 1.165) is 34.2 Å². The highest BCUT2D eigenvalue weighted by Crippen LogP contribution is 2.39. The van der Waals surface area contributed by atoms with Gasteiger partial charge in [0.25, 0.3) is 0 Å². The number of aryl methyl sites for hydroxylation is 2. The zero-order valence-electron chi connectivity index (χ0n) is 35.6. The van der Waals surface area contributed by atoms with Crippen LogP contribution < -0.4 is 51.5 Å². The highest BCUT2D eigenvalue weighted by atomic mass is 16.5. The second-order valence-electron chi connectivity index (χ2n) is 14.2. The monoisotopic (exact) mass is 831 g/mol. The van der Waals surface area contributed by atoms with Gasteiger partial charge in [0, 0.05) is 75.5 Å². The first kappa shape index (κ1) is 46.6. The minimum Gasteiger partial charge on any atom is -0.493 e. The summed E-state index contributed by atoms with van der Waals surface area (Å²) in [5.74, 6) is 4.40. The maximum absolute atomic E-state index is 12.3. The Morgan fingerprint density at radius 3 is 1.60 bits per heavy atom. The van der Waals surface area contributed by atoms with Gasteiger partial charge in [-0.25, -0.2) is 15.0 Å². The molecule has 17 nitrogen and oxygen atoms in total. The van der Waals surface area contributed by atoms with E-state index in [-0.39, 0.29) is 17.8 Å². The Labute approximate surface area is 352 Å². The average Bonchev–Trinajstić information content (AvgIpc) is 3.22. The predicted molar refractivity (Wildman–Crippen MR) is 230 cm³/mol. The summed E-state index contributed by atoms with van der Waals surface area (Å²) in [5, 5.41) is 5.88. The van der Waals surface area contributed by atoms with Crippen LogP contribution in [0.3, 0.4) is 0 Å². The molecule has 326 valence electrons. The van der Waals surface area contributed by atoms with Crippen LogP contribution in [-0.2, 0) is 27.2 Å². The molecule has 2 aromatic carbocycles. The van der Waals surface area contributed by atoms with Crippen LogP contribution in [0, 0.1) is 13.8 Å². The number of methoxy groups -OCH3 is 3. The van der Waals surface area contributed by atoms with E-state index < -0.39 is 0 Å². The number of ether oxygens (including phenoxy) is 6. The first-order chi connectivity index (χ1) is 29.0. The SMILES string of the molecule is COc1cc(Cc2cnc(C)nc2N)cc(C)c1OCCCCC(=O)NCCCOCCCNC(=O)CCCCOc1c(OC)cc(Cc2cnc(N)nc2N)cc1OC. The highest BCUT2D eigenvalue weighted by Gasteiger charge is 2.17. The maximum atomic E-state index is 12.3. The molecule has 0 saturated carbocycles. The summed E-state index contributed by atoms with van der Waals surface area (Å²) in [5.41, 5.74) is 22.1. The van der Waals surface area contributed by atoms with Crippen LogP contribution in [0.1, 0.15) is 85.0 Å². The molecule has 4 aromatic rings. The van der Waals surface area contributed by atoms with E-state index in [0.29, 0.717) is 144 Å². The van der Waals surface area contributed by atoms with E-state index >= 15 is 0 Å². The minimum atomic E-state index is -0.0182. The number of anilines is 3. The second kappa shape index (κ2) is 24.7. The number of hydrogen-bond donors (Lipinski definition) is 5. The van der Waals surface area contributed by atoms with Crippen LogP contribution >= 0.6 is 0 Å². The van der Waals surface area contributed by atoms with Gasteiger partial charge in [0.05, 0.1) is 34.5 Å². The van der Waals surface area contributed by atoms with Crippen molar-refractivity contribution in [2.45, 2.75) is 78.1 Å². The molecule has 0 radical (unpaired) electrons. The summed E-state index contributed by atoms with van der Waals surface area (Å²) in [7, 11) is 4.74. The van der Waals surface area contributed by atoms with Crippen molar-refractivity contribution in [3.05, 3.63) is 70.3 Å². The van der Waals surface area contributed by atoms with E-state index in [1.807, 2.05) is 31.2 Å². The van der Waals surface area contributed by atoms with E-state index in [1.54, 1.807) is 40.6 Å². The first-order valence-corrected chi connectivity index (χ1v) is 20.2. The van der Waals surface area contributed by atoms with Crippen LogP contribution in [0.15, 0.2) is 36.7 Å². The summed E-state index contributed by atoms with van der Waals surface area (Å²) < 4.78 is 34.5. The number of carbonyl (C=O) groups is 2. The molecule has 0 aliphatic rings. The summed E-state index contributed by atoms with van der Waals surface area (Å²) in [4.78, 5) is 41.2. The fraction of sp³-hybridized carbons (Fsp3) is 0.488. The van der Waals surface area contributed by atoms with Crippen molar-refractivity contribution in [2.24, 2.45) is 0 Å². The van der Waals surface area contributed by atoms with Crippen LogP contribution in [0.4, 0.5) is 17.6 Å². The van der Waals surface area contributed by atoms with Crippen molar-refractivity contribution in [3.8, 4) is 28.7 Å². The Kier molecular flexibility index (Phi) is 19.2. The Morgan fingerprint density at radius 2 is 1.08 bits per heavy atom. The summed E-state index contributed by atoms with van der Waals surface area (Å²) in [6, 6.07) is 7.70. The number of nitrogens with one attached hydrogen (secondary N) is 2. The third kappa shape index (κ3) is 15.3. The third-order valence-electron chi connectivity index (χ3n) is 9.43. The minimum absolute atomic E-state index is 0.00351. The van der Waals surface area contributed by atoms with Gasteiger partial charge in [0.15, 0.2) is 23.0 Å². The molecule has 0 aliphatic carbocycles. The molecule has 0 fully saturated rings. The molecule has 0 bridgehead atoms. The molecule has 2 aromatic heterocycles. The molecular weight excluding hydrogens is 771 g/mol. The molecule has 0 spiro atoms. The Hall–Kier alpha value is -6.10. The van der Waals surface area contributed by atoms with Crippen LogP contribution in [-0.4, -0.2) is 92.6 Å². The van der Waals surface area contributed by atoms with Gasteiger partial charge in [-0.05, 0) is 87.3 Å². The number of amides is 2. The Balaban J connectivity index is 0.990. The molecule has 4 rings (SSSR count). The van der Waals surface area contributed by atoms with Gasteiger partial charge in [-0.2, -0.15) is 4.98 Å². The smallest absolute Gasteiger partial charge is 0.221 e. The number of benzene rings is 2. The van der Waals surface area contributed by atoms with Crippen molar-refractivity contribution in [1.29, 1.82) is 0 Å². The van der Waals surface area contributed by atoms with Gasteiger partial charge in [-0.15, -0.1) is 0 Å². The van der Waals surface area contributed by atoms with Gasteiger partial charge < -0.3 is 56.3 Å². The molecule has 0 unspecified atom stereocenters.